The fourth-order valence-corrected chi connectivity index (χ4v) is 2.23. The molecule has 0 saturated heterocycles. The molecule has 0 radical (unpaired) electrons. The Morgan fingerprint density at radius 2 is 1.38 bits per heavy atom. The van der Waals surface area contributed by atoms with Gasteiger partial charge in [0, 0.05) is 0 Å². The maximum absolute atomic E-state index is 10.7. The summed E-state index contributed by atoms with van der Waals surface area (Å²) in [6, 6.07) is 15.8. The number of carbonyl (C=O) groups is 1. The largest absolute Gasteiger partial charge is 0.480 e. The SMILES string of the molecule is Cc1ccc(CCc2ccc(C[C@H](N)C(=O)O)cc2)cc1. The highest BCUT2D eigenvalue weighted by atomic mass is 16.4. The van der Waals surface area contributed by atoms with Gasteiger partial charge in [-0.2, -0.15) is 0 Å². The minimum Gasteiger partial charge on any atom is -0.480 e. The number of hydrogen-bond acceptors (Lipinski definition) is 2. The molecular formula is C18H21NO2. The Bertz CT molecular complexity index is 588. The lowest BCUT2D eigenvalue weighted by Gasteiger charge is -2.08. The highest BCUT2D eigenvalue weighted by Crippen LogP contribution is 2.11. The highest BCUT2D eigenvalue weighted by Gasteiger charge is 2.11. The first-order valence-electron chi connectivity index (χ1n) is 7.16. The van der Waals surface area contributed by atoms with Gasteiger partial charge >= 0.3 is 5.97 Å². The molecule has 3 heteroatoms. The van der Waals surface area contributed by atoms with Crippen LogP contribution in [-0.4, -0.2) is 17.1 Å². The van der Waals surface area contributed by atoms with Crippen LogP contribution in [0.1, 0.15) is 22.3 Å². The van der Waals surface area contributed by atoms with E-state index in [9.17, 15) is 4.79 Å². The predicted molar refractivity (Wildman–Crippen MR) is 84.3 cm³/mol. The Morgan fingerprint density at radius 1 is 0.952 bits per heavy atom. The summed E-state index contributed by atoms with van der Waals surface area (Å²) in [6.07, 6.45) is 2.36. The van der Waals surface area contributed by atoms with E-state index in [0.29, 0.717) is 6.42 Å². The molecular weight excluding hydrogens is 262 g/mol. The van der Waals surface area contributed by atoms with Gasteiger partial charge in [-0.25, -0.2) is 0 Å². The van der Waals surface area contributed by atoms with E-state index in [4.69, 9.17) is 10.8 Å². The fraction of sp³-hybridized carbons (Fsp3) is 0.278. The zero-order valence-electron chi connectivity index (χ0n) is 12.3. The molecule has 0 amide bonds. The highest BCUT2D eigenvalue weighted by molar-refractivity contribution is 5.73. The molecule has 1 atom stereocenters. The summed E-state index contributed by atoms with van der Waals surface area (Å²) in [5.74, 6) is -0.960. The van der Waals surface area contributed by atoms with Crippen LogP contribution in [0.2, 0.25) is 0 Å². The molecule has 0 fully saturated rings. The zero-order valence-corrected chi connectivity index (χ0v) is 12.3. The summed E-state index contributed by atoms with van der Waals surface area (Å²) in [7, 11) is 0. The van der Waals surface area contributed by atoms with Gasteiger partial charge in [0.05, 0.1) is 0 Å². The smallest absolute Gasteiger partial charge is 0.320 e. The van der Waals surface area contributed by atoms with Crippen molar-refractivity contribution < 1.29 is 9.90 Å². The fourth-order valence-electron chi connectivity index (χ4n) is 2.23. The van der Waals surface area contributed by atoms with E-state index in [2.05, 4.69) is 43.3 Å². The second-order valence-electron chi connectivity index (χ2n) is 5.45. The van der Waals surface area contributed by atoms with Crippen LogP contribution in [0.25, 0.3) is 0 Å². The van der Waals surface area contributed by atoms with Crippen LogP contribution in [0.5, 0.6) is 0 Å². The van der Waals surface area contributed by atoms with Crippen molar-refractivity contribution in [2.45, 2.75) is 32.2 Å². The minimum absolute atomic E-state index is 0.369. The first kappa shape index (κ1) is 15.3. The summed E-state index contributed by atoms with van der Waals surface area (Å²) in [5.41, 5.74) is 10.4. The molecule has 2 aromatic carbocycles. The van der Waals surface area contributed by atoms with Gasteiger partial charge in [0.25, 0.3) is 0 Å². The lowest BCUT2D eigenvalue weighted by molar-refractivity contribution is -0.138. The van der Waals surface area contributed by atoms with Gasteiger partial charge in [0.2, 0.25) is 0 Å². The third-order valence-electron chi connectivity index (χ3n) is 3.62. The van der Waals surface area contributed by atoms with Gasteiger partial charge in [-0.3, -0.25) is 4.79 Å². The number of hydrogen-bond donors (Lipinski definition) is 2. The van der Waals surface area contributed by atoms with E-state index in [0.717, 1.165) is 18.4 Å². The van der Waals surface area contributed by atoms with E-state index in [1.54, 1.807) is 0 Å². The third kappa shape index (κ3) is 4.72. The first-order valence-corrected chi connectivity index (χ1v) is 7.16. The van der Waals surface area contributed by atoms with E-state index in [1.165, 1.54) is 16.7 Å². The number of aryl methyl sites for hydroxylation is 3. The van der Waals surface area contributed by atoms with Crippen molar-refractivity contribution >= 4 is 5.97 Å². The summed E-state index contributed by atoms with van der Waals surface area (Å²) in [5, 5.41) is 8.80. The average molecular weight is 283 g/mol. The van der Waals surface area contributed by atoms with Crippen molar-refractivity contribution in [2.24, 2.45) is 5.73 Å². The second kappa shape index (κ2) is 7.04. The summed E-state index contributed by atoms with van der Waals surface area (Å²) in [6.45, 7) is 2.09. The molecule has 0 heterocycles. The van der Waals surface area contributed by atoms with Crippen LogP contribution >= 0.6 is 0 Å². The summed E-state index contributed by atoms with van der Waals surface area (Å²) < 4.78 is 0. The van der Waals surface area contributed by atoms with Crippen molar-refractivity contribution in [2.75, 3.05) is 0 Å². The molecule has 0 unspecified atom stereocenters. The summed E-state index contributed by atoms with van der Waals surface area (Å²) in [4.78, 5) is 10.7. The first-order chi connectivity index (χ1) is 10.0. The molecule has 0 bridgehead atoms. The van der Waals surface area contributed by atoms with Gasteiger partial charge in [-0.1, -0.05) is 54.1 Å². The molecule has 110 valence electrons. The molecule has 3 nitrogen and oxygen atoms in total. The topological polar surface area (TPSA) is 63.3 Å². The second-order valence-corrected chi connectivity index (χ2v) is 5.45. The van der Waals surface area contributed by atoms with Gasteiger partial charge < -0.3 is 10.8 Å². The standard InChI is InChI=1S/C18H21NO2/c1-13-2-4-14(5-3-13)6-7-15-8-10-16(11-9-15)12-17(19)18(20)21/h2-5,8-11,17H,6-7,12,19H2,1H3,(H,20,21)/t17-/m0/s1. The Labute approximate surface area is 125 Å². The van der Waals surface area contributed by atoms with Gasteiger partial charge in [-0.15, -0.1) is 0 Å². The molecule has 0 spiro atoms. The number of carboxylic acid groups (broad SMARTS) is 1. The lowest BCUT2D eigenvalue weighted by Crippen LogP contribution is -2.32. The van der Waals surface area contributed by atoms with Crippen LogP contribution in [-0.2, 0) is 24.1 Å². The number of carboxylic acids is 1. The summed E-state index contributed by atoms with van der Waals surface area (Å²) >= 11 is 0. The molecule has 2 rings (SSSR count). The third-order valence-corrected chi connectivity index (χ3v) is 3.62. The molecule has 0 aliphatic heterocycles. The van der Waals surface area contributed by atoms with Crippen LogP contribution in [0.15, 0.2) is 48.5 Å². The quantitative estimate of drug-likeness (QED) is 0.857. The van der Waals surface area contributed by atoms with Crippen molar-refractivity contribution in [3.63, 3.8) is 0 Å². The molecule has 0 aromatic heterocycles. The monoisotopic (exact) mass is 283 g/mol. The van der Waals surface area contributed by atoms with Gasteiger partial charge in [0.1, 0.15) is 6.04 Å². The van der Waals surface area contributed by atoms with Crippen molar-refractivity contribution in [1.29, 1.82) is 0 Å². The predicted octanol–water partition coefficient (Wildman–Crippen LogP) is 2.73. The van der Waals surface area contributed by atoms with E-state index >= 15 is 0 Å². The van der Waals surface area contributed by atoms with Crippen LogP contribution < -0.4 is 5.73 Å². The Kier molecular flexibility index (Phi) is 5.12. The zero-order chi connectivity index (χ0) is 15.2. The molecule has 3 N–H and O–H groups in total. The Hall–Kier alpha value is -2.13. The van der Waals surface area contributed by atoms with E-state index < -0.39 is 12.0 Å². The molecule has 2 aromatic rings. The van der Waals surface area contributed by atoms with Crippen LogP contribution in [0.4, 0.5) is 0 Å². The number of aliphatic carboxylic acids is 1. The minimum atomic E-state index is -0.960. The number of nitrogens with two attached hydrogens (primary N) is 1. The molecule has 0 saturated carbocycles. The van der Waals surface area contributed by atoms with E-state index in [1.807, 2.05) is 12.1 Å². The molecule has 0 aliphatic rings. The Balaban J connectivity index is 1.90. The molecule has 21 heavy (non-hydrogen) atoms. The number of benzene rings is 2. The van der Waals surface area contributed by atoms with Crippen molar-refractivity contribution in [3.8, 4) is 0 Å². The number of rotatable bonds is 6. The maximum Gasteiger partial charge on any atom is 0.320 e. The molecule has 0 aliphatic carbocycles. The normalized spacial score (nSPS) is 12.1. The van der Waals surface area contributed by atoms with Gasteiger partial charge in [-0.05, 0) is 42.9 Å². The van der Waals surface area contributed by atoms with Crippen LogP contribution in [0.3, 0.4) is 0 Å². The van der Waals surface area contributed by atoms with Crippen LogP contribution in [0, 0.1) is 6.92 Å². The van der Waals surface area contributed by atoms with Crippen molar-refractivity contribution in [3.05, 3.63) is 70.8 Å². The average Bonchev–Trinajstić information content (AvgIpc) is 2.48. The maximum atomic E-state index is 10.7. The van der Waals surface area contributed by atoms with Crippen molar-refractivity contribution in [1.82, 2.24) is 0 Å². The van der Waals surface area contributed by atoms with E-state index in [-0.39, 0.29) is 0 Å². The lowest BCUT2D eigenvalue weighted by atomic mass is 10.0. The Morgan fingerprint density at radius 3 is 1.86 bits per heavy atom. The van der Waals surface area contributed by atoms with Gasteiger partial charge in [0.15, 0.2) is 0 Å².